The number of aliphatic hydroxyl groups is 1. The van der Waals surface area contributed by atoms with Gasteiger partial charge in [-0.2, -0.15) is 0 Å². The Morgan fingerprint density at radius 3 is 1.09 bits per heavy atom. The number of hydrogen-bond acceptors (Lipinski definition) is 10. The Hall–Kier alpha value is -5.17. The molecule has 5 heterocycles. The summed E-state index contributed by atoms with van der Waals surface area (Å²) in [6.07, 6.45) is 52.4. The van der Waals surface area contributed by atoms with Crippen molar-refractivity contribution in [3.63, 3.8) is 0 Å². The quantitative estimate of drug-likeness (QED) is 0.0403. The molecule has 17 heteroatoms. The van der Waals surface area contributed by atoms with Gasteiger partial charge in [0.05, 0.1) is 19.8 Å². The first kappa shape index (κ1) is 102. The Balaban J connectivity index is 0.000000105. The number of carbonyl (C=O) groups is 2. The molecule has 5 N–H and O–H groups in total. The molecule has 5 saturated heterocycles. The van der Waals surface area contributed by atoms with Crippen molar-refractivity contribution in [3.8, 4) is 0 Å². The van der Waals surface area contributed by atoms with Crippen LogP contribution < -0.4 is 21.3 Å². The van der Waals surface area contributed by atoms with Crippen molar-refractivity contribution in [2.45, 2.75) is 329 Å². The van der Waals surface area contributed by atoms with Crippen LogP contribution >= 0.6 is 23.2 Å². The summed E-state index contributed by atoms with van der Waals surface area (Å²) in [7, 11) is 6.81. The lowest BCUT2D eigenvalue weighted by Gasteiger charge is -2.64. The molecule has 0 aromatic heterocycles. The highest BCUT2D eigenvalue weighted by Crippen LogP contribution is 2.73. The number of amides is 4. The van der Waals surface area contributed by atoms with E-state index in [1.165, 1.54) is 279 Å². The topological polar surface area (TPSA) is 131 Å². The minimum Gasteiger partial charge on any atom is -0.395 e. The zero-order chi connectivity index (χ0) is 97.3. The van der Waals surface area contributed by atoms with Crippen LogP contribution in [0.5, 0.6) is 0 Å². The van der Waals surface area contributed by atoms with E-state index in [1.54, 1.807) is 23.3 Å². The van der Waals surface area contributed by atoms with Crippen LogP contribution in [0.1, 0.15) is 310 Å². The number of ether oxygens (including phenoxy) is 1. The second-order valence-electron chi connectivity index (χ2n) is 54.0. The third-order valence-electron chi connectivity index (χ3n) is 43.6. The van der Waals surface area contributed by atoms with E-state index in [2.05, 4.69) is 216 Å². The van der Waals surface area contributed by atoms with Crippen LogP contribution in [0.15, 0.2) is 121 Å². The highest BCUT2D eigenvalue weighted by atomic mass is 35.5. The van der Waals surface area contributed by atoms with Crippen molar-refractivity contribution in [1.29, 1.82) is 0 Å². The molecule has 14 nitrogen and oxygen atoms in total. The second-order valence-corrected chi connectivity index (χ2v) is 54.9. The molecule has 0 spiro atoms. The van der Waals surface area contributed by atoms with Gasteiger partial charge in [0.25, 0.3) is 0 Å². The molecule has 5 aromatic rings. The summed E-state index contributed by atoms with van der Waals surface area (Å²) in [4.78, 5) is 40.8. The van der Waals surface area contributed by atoms with Gasteiger partial charge in [-0.05, 0) is 514 Å². The Morgan fingerprint density at radius 1 is 0.383 bits per heavy atom. The van der Waals surface area contributed by atoms with Gasteiger partial charge in [-0.1, -0.05) is 140 Å². The van der Waals surface area contributed by atoms with Gasteiger partial charge in [0.15, 0.2) is 0 Å². The normalized spacial score (nSPS) is 38.4. The number of morpholine rings is 1. The molecule has 25 aliphatic rings. The van der Waals surface area contributed by atoms with Gasteiger partial charge in [0.2, 0.25) is 0 Å². The summed E-state index contributed by atoms with van der Waals surface area (Å²) in [5.41, 5.74) is 13.7. The molecule has 20 saturated carbocycles. The van der Waals surface area contributed by atoms with Crippen LogP contribution in [0.4, 0.5) is 14.0 Å². The number of halogens is 3. The van der Waals surface area contributed by atoms with E-state index in [9.17, 15) is 14.0 Å². The highest BCUT2D eigenvalue weighted by Gasteiger charge is 2.65. The first-order valence-corrected chi connectivity index (χ1v) is 58.7. The number of β-amino-alcohol motifs (C(OH)–C–C–N with tert-alkyl or cyclic N) is 1. The van der Waals surface area contributed by atoms with Crippen molar-refractivity contribution in [2.75, 3.05) is 146 Å². The molecule has 25 fully saturated rings. The Bertz CT molecular complexity index is 4640. The fraction of sp³-hybridized carbons (Fsp3) is 0.742. The summed E-state index contributed by atoms with van der Waals surface area (Å²) < 4.78 is 18.9. The number of benzene rings is 5. The van der Waals surface area contributed by atoms with Gasteiger partial charge in [-0.15, -0.1) is 0 Å². The summed E-state index contributed by atoms with van der Waals surface area (Å²) in [5.74, 6) is 13.1. The molecular formula is C124H181Cl2FN10O4. The first-order chi connectivity index (χ1) is 67.9. The number of likely N-dealkylation sites (tertiary alicyclic amines) is 3. The van der Waals surface area contributed by atoms with E-state index in [0.717, 1.165) is 216 Å². The zero-order valence-electron chi connectivity index (χ0n) is 88.3. The predicted molar refractivity (Wildman–Crippen MR) is 574 cm³/mol. The molecule has 13 unspecified atom stereocenters. The third kappa shape index (κ3) is 22.3. The lowest BCUT2D eigenvalue weighted by Crippen LogP contribution is -2.66. The van der Waals surface area contributed by atoms with Crippen LogP contribution in [-0.4, -0.2) is 209 Å². The minimum absolute atomic E-state index is 0.0107. The Morgan fingerprint density at radius 2 is 0.709 bits per heavy atom. The predicted octanol–water partition coefficient (Wildman–Crippen LogP) is 24.6. The molecule has 4 amide bonds. The van der Waals surface area contributed by atoms with Crippen molar-refractivity contribution in [2.24, 2.45) is 105 Å². The van der Waals surface area contributed by atoms with Crippen molar-refractivity contribution >= 4 is 35.3 Å². The summed E-state index contributed by atoms with van der Waals surface area (Å²) >= 11 is 12.4. The smallest absolute Gasteiger partial charge is 0.315 e. The van der Waals surface area contributed by atoms with Gasteiger partial charge in [0.1, 0.15) is 5.82 Å². The number of urea groups is 2. The number of piperazine rings is 1. The largest absolute Gasteiger partial charge is 0.395 e. The maximum Gasteiger partial charge on any atom is 0.315 e. The summed E-state index contributed by atoms with van der Waals surface area (Å²) in [6.45, 7) is 32.0. The summed E-state index contributed by atoms with van der Waals surface area (Å²) in [5, 5.41) is 24.3. The lowest BCUT2D eigenvalue weighted by molar-refractivity contribution is -0.106. The van der Waals surface area contributed by atoms with Gasteiger partial charge < -0.3 is 55.6 Å². The third-order valence-corrected chi connectivity index (χ3v) is 44.1. The van der Waals surface area contributed by atoms with Crippen molar-refractivity contribution < 1.29 is 23.8 Å². The van der Waals surface area contributed by atoms with Gasteiger partial charge in [-0.3, -0.25) is 4.90 Å². The average Bonchev–Trinajstić information content (AvgIpc) is 0.714. The number of nitrogens with one attached hydrogen (secondary N) is 4. The molecule has 141 heavy (non-hydrogen) atoms. The number of nitrogens with zero attached hydrogens (tertiary/aromatic N) is 6. The van der Waals surface area contributed by atoms with E-state index < -0.39 is 0 Å². The van der Waals surface area contributed by atoms with Crippen molar-refractivity contribution in [1.82, 2.24) is 50.7 Å². The number of piperidine rings is 3. The molecule has 20 bridgehead atoms. The van der Waals surface area contributed by atoms with Gasteiger partial charge >= 0.3 is 12.1 Å². The Kier molecular flexibility index (Phi) is 30.3. The molecule has 0 radical (unpaired) electrons. The Labute approximate surface area is 860 Å². The fourth-order valence-corrected chi connectivity index (χ4v) is 38.9. The van der Waals surface area contributed by atoms with Crippen molar-refractivity contribution in [3.05, 3.63) is 176 Å². The first-order valence-electron chi connectivity index (χ1n) is 57.9. The van der Waals surface area contributed by atoms with Crippen LogP contribution in [0.2, 0.25) is 10.0 Å². The number of rotatable bonds is 23. The van der Waals surface area contributed by atoms with Gasteiger partial charge in [-0.25, -0.2) is 14.0 Å². The molecule has 5 aromatic carbocycles. The standard InChI is InChI=1S/C25H36ClN.C25H36FN.2C25H37N3O2.C24H35ClN2/c2*1-18(11-19-7-9-27(2)10-8-19)24-13-20-12-21(14-24)16-25(15-20,17-24)22-3-5-23(26)6-4-22;1-19-3-5-22(6-4-19)24-14-20-13-21(15-24)17-25(16-20,18-24)27-23(29)26-7-2-8-28-9-11-30-12-10-28;1-18-2-4-21(5-3-18)24-13-19-12-20(14-24)16-25(15-19,17-24)27-23(30)26-22-6-8-28(9-7-22)10-11-29;1-18(16-27-9-7-26(2)8-10-27)23-12-19-11-20(13-23)15-24(14-19,17-23)21-3-5-22(25)6-4-21/h2*3-6,18-21H,7-17H2,1-2H3;3-6,20-21H,2,7-18H2,1H3,(H2,26,27,29);2-5,19-20,22,29H,6-17H2,1H3,(H2,26,27,30);3-6,18-20H,7-17H2,1-2H3. The van der Waals surface area contributed by atoms with Crippen LogP contribution in [0.25, 0.3) is 0 Å². The van der Waals surface area contributed by atoms with E-state index in [4.69, 9.17) is 33.0 Å². The number of hydrogen-bond donors (Lipinski definition) is 5. The second kappa shape index (κ2) is 42.0. The molecule has 20 aliphatic carbocycles. The maximum atomic E-state index is 13.5. The zero-order valence-corrected chi connectivity index (χ0v) is 89.8. The van der Waals surface area contributed by atoms with Crippen LogP contribution in [0, 0.1) is 125 Å². The van der Waals surface area contributed by atoms with Gasteiger partial charge in [0, 0.05) is 99.2 Å². The number of likely N-dealkylation sites (N-methyl/N-ethyl adjacent to an activating group) is 1. The molecule has 30 rings (SSSR count). The minimum atomic E-state index is -0.0890. The van der Waals surface area contributed by atoms with Crippen LogP contribution in [0.3, 0.4) is 0 Å². The average molecular weight is 1970 g/mol. The fourth-order valence-electron chi connectivity index (χ4n) is 38.7. The molecular weight excluding hydrogens is 1780 g/mol. The maximum absolute atomic E-state index is 13.5. The monoisotopic (exact) mass is 1960 g/mol. The number of aryl methyl sites for hydroxylation is 2. The highest BCUT2D eigenvalue weighted by molar-refractivity contribution is 6.30. The van der Waals surface area contributed by atoms with Crippen LogP contribution in [-0.2, 0) is 31.8 Å². The number of aliphatic hydroxyl groups excluding tert-OH is 1. The van der Waals surface area contributed by atoms with E-state index in [1.807, 2.05) is 0 Å². The summed E-state index contributed by atoms with van der Waals surface area (Å²) in [6, 6.07) is 44.2. The number of carbonyl (C=O) groups excluding carboxylic acids is 2. The van der Waals surface area contributed by atoms with E-state index in [-0.39, 0.29) is 52.4 Å². The van der Waals surface area contributed by atoms with E-state index >= 15 is 0 Å². The molecule has 772 valence electrons. The lowest BCUT2D eigenvalue weighted by atomic mass is 9.40. The van der Waals surface area contributed by atoms with E-state index in [0.29, 0.717) is 32.5 Å². The molecule has 5 aliphatic heterocycles. The SMILES string of the molecule is CC(CC1CCN(C)CC1)C12CC3CC(CC(c4ccc(Cl)cc4)(C3)C1)C2.CC(CC1CCN(C)CC1)C12CC3CC(CC(c4ccc(F)cc4)(C3)C1)C2.CC(CN1CCN(C)CC1)C12CC3CC(CC(c4ccc(Cl)cc4)(C3)C1)C2.Cc1ccc(C23CC4CC(CC(NC(=O)NC5CCN(CCO)CC5)(C4)C2)C3)cc1.Cc1ccc(C23CC4CC(CC(NC(=O)NCCCN5CCOCC5)(C4)C2)C3)cc1. The molecule has 13 atom stereocenters.